The first-order chi connectivity index (χ1) is 15.8. The molecule has 0 fully saturated rings. The van der Waals surface area contributed by atoms with Gasteiger partial charge in [-0.15, -0.1) is 0 Å². The van der Waals surface area contributed by atoms with Crippen LogP contribution in [0.25, 0.3) is 0 Å². The van der Waals surface area contributed by atoms with Crippen molar-refractivity contribution in [1.29, 1.82) is 0 Å². The third-order valence-corrected chi connectivity index (χ3v) is 5.57. The minimum Gasteiger partial charge on any atom is -0.506 e. The van der Waals surface area contributed by atoms with Gasteiger partial charge in [-0.1, -0.05) is 41.4 Å². The molecule has 0 radical (unpaired) electrons. The minimum absolute atomic E-state index is 0.0584. The Kier molecular flexibility index (Phi) is 6.09. The van der Waals surface area contributed by atoms with Crippen LogP contribution in [0.4, 0.5) is 11.4 Å². The zero-order chi connectivity index (χ0) is 23.7. The summed E-state index contributed by atoms with van der Waals surface area (Å²) in [6, 6.07) is 17.1. The minimum atomic E-state index is -0.654. The number of aromatic hydroxyl groups is 1. The van der Waals surface area contributed by atoms with E-state index in [1.165, 1.54) is 30.3 Å². The normalized spacial score (nSPS) is 13.5. The van der Waals surface area contributed by atoms with Crippen molar-refractivity contribution < 1.29 is 24.2 Å². The smallest absolute Gasteiger partial charge is 0.343 e. The number of ether oxygens (including phenoxy) is 1. The molecule has 0 bridgehead atoms. The van der Waals surface area contributed by atoms with Crippen molar-refractivity contribution in [3.8, 4) is 11.5 Å². The van der Waals surface area contributed by atoms with Crippen molar-refractivity contribution in [3.05, 3.63) is 93.6 Å². The Morgan fingerprint density at radius 1 is 0.970 bits per heavy atom. The van der Waals surface area contributed by atoms with E-state index in [2.05, 4.69) is 5.32 Å². The van der Waals surface area contributed by atoms with E-state index in [0.717, 1.165) is 10.5 Å². The molecular weight excluding hydrogens is 467 g/mol. The molecular formula is C24H16Cl2N2O5. The lowest BCUT2D eigenvalue weighted by Crippen LogP contribution is -2.32. The molecule has 0 saturated carbocycles. The van der Waals surface area contributed by atoms with Gasteiger partial charge in [0, 0.05) is 11.8 Å². The molecule has 3 aromatic rings. The van der Waals surface area contributed by atoms with Crippen molar-refractivity contribution >= 4 is 52.4 Å². The van der Waals surface area contributed by atoms with Crippen molar-refractivity contribution in [2.75, 3.05) is 10.2 Å². The number of nitrogens with one attached hydrogen (secondary N) is 1. The zero-order valence-corrected chi connectivity index (χ0v) is 18.6. The number of rotatable bonds is 5. The summed E-state index contributed by atoms with van der Waals surface area (Å²) in [7, 11) is 0. The Bertz CT molecular complexity index is 1320. The monoisotopic (exact) mass is 482 g/mol. The molecule has 0 unspecified atom stereocenters. The SMILES string of the molecule is Cc1ccccc1N1C(=O)C(Cl)=C(Nc2ccc(C(=O)Oc3ccc(Cl)c(O)c3)cc2)C1=O. The van der Waals surface area contributed by atoms with Gasteiger partial charge < -0.3 is 15.2 Å². The van der Waals surface area contributed by atoms with Gasteiger partial charge in [0.15, 0.2) is 0 Å². The van der Waals surface area contributed by atoms with Crippen LogP contribution in [0.1, 0.15) is 15.9 Å². The van der Waals surface area contributed by atoms with E-state index in [1.54, 1.807) is 43.3 Å². The molecule has 0 saturated heterocycles. The average molecular weight is 483 g/mol. The van der Waals surface area contributed by atoms with Crippen LogP contribution in [0, 0.1) is 6.92 Å². The summed E-state index contributed by atoms with van der Waals surface area (Å²) in [4.78, 5) is 38.9. The Labute approximate surface area is 198 Å². The highest BCUT2D eigenvalue weighted by Gasteiger charge is 2.39. The summed E-state index contributed by atoms with van der Waals surface area (Å²) in [5, 5.41) is 12.4. The van der Waals surface area contributed by atoms with Crippen LogP contribution in [0.5, 0.6) is 11.5 Å². The molecule has 1 aliphatic rings. The molecule has 4 rings (SSSR count). The van der Waals surface area contributed by atoms with Crippen LogP contribution >= 0.6 is 23.2 Å². The summed E-state index contributed by atoms with van der Waals surface area (Å²) >= 11 is 11.9. The highest BCUT2D eigenvalue weighted by atomic mass is 35.5. The third-order valence-electron chi connectivity index (χ3n) is 4.90. The number of hydrogen-bond acceptors (Lipinski definition) is 6. The molecule has 7 nitrogen and oxygen atoms in total. The van der Waals surface area contributed by atoms with Gasteiger partial charge >= 0.3 is 5.97 Å². The second-order valence-corrected chi connectivity index (χ2v) is 7.91. The number of phenols is 1. The van der Waals surface area contributed by atoms with Crippen LogP contribution in [0.3, 0.4) is 0 Å². The Morgan fingerprint density at radius 3 is 2.33 bits per heavy atom. The third kappa shape index (κ3) is 4.41. The highest BCUT2D eigenvalue weighted by Crippen LogP contribution is 2.32. The number of carbonyl (C=O) groups is 3. The van der Waals surface area contributed by atoms with Crippen LogP contribution in [0.2, 0.25) is 5.02 Å². The number of carbonyl (C=O) groups excluding carboxylic acids is 3. The van der Waals surface area contributed by atoms with Gasteiger partial charge in [0.1, 0.15) is 22.2 Å². The number of amides is 2. The van der Waals surface area contributed by atoms with Gasteiger partial charge in [-0.3, -0.25) is 9.59 Å². The molecule has 0 spiro atoms. The summed E-state index contributed by atoms with van der Waals surface area (Å²) in [6.07, 6.45) is 0. The standard InChI is InChI=1S/C24H16Cl2N2O5/c1-13-4-2-3-5-18(13)28-22(30)20(26)21(23(28)31)27-15-8-6-14(7-9-15)24(32)33-16-10-11-17(25)19(29)12-16/h2-12,27,29H,1H3. The number of hydrogen-bond donors (Lipinski definition) is 2. The first-order valence-electron chi connectivity index (χ1n) is 9.68. The second kappa shape index (κ2) is 8.97. The van der Waals surface area contributed by atoms with E-state index in [-0.39, 0.29) is 32.8 Å². The molecule has 1 heterocycles. The summed E-state index contributed by atoms with van der Waals surface area (Å²) in [5.74, 6) is -1.93. The van der Waals surface area contributed by atoms with Gasteiger partial charge in [-0.2, -0.15) is 0 Å². The van der Waals surface area contributed by atoms with Crippen molar-refractivity contribution in [3.63, 3.8) is 0 Å². The van der Waals surface area contributed by atoms with Crippen LogP contribution in [-0.2, 0) is 9.59 Å². The van der Waals surface area contributed by atoms with E-state index in [4.69, 9.17) is 27.9 Å². The maximum absolute atomic E-state index is 12.9. The predicted molar refractivity (Wildman–Crippen MR) is 125 cm³/mol. The molecule has 0 aliphatic carbocycles. The van der Waals surface area contributed by atoms with Gasteiger partial charge in [0.25, 0.3) is 11.8 Å². The van der Waals surface area contributed by atoms with E-state index < -0.39 is 17.8 Å². The van der Waals surface area contributed by atoms with Gasteiger partial charge in [0.2, 0.25) is 0 Å². The second-order valence-electron chi connectivity index (χ2n) is 7.13. The Balaban J connectivity index is 1.49. The fourth-order valence-corrected chi connectivity index (χ4v) is 3.53. The number of aryl methyl sites for hydroxylation is 1. The fraction of sp³-hybridized carbons (Fsp3) is 0.0417. The maximum atomic E-state index is 12.9. The lowest BCUT2D eigenvalue weighted by atomic mass is 10.2. The number of benzene rings is 3. The van der Waals surface area contributed by atoms with Crippen LogP contribution in [-0.4, -0.2) is 22.9 Å². The van der Waals surface area contributed by atoms with Crippen molar-refractivity contribution in [2.45, 2.75) is 6.92 Å². The van der Waals surface area contributed by atoms with Gasteiger partial charge in [0.05, 0.1) is 16.3 Å². The topological polar surface area (TPSA) is 95.9 Å². The Hall–Kier alpha value is -3.81. The predicted octanol–water partition coefficient (Wildman–Crippen LogP) is 5.01. The first kappa shape index (κ1) is 22.4. The average Bonchev–Trinajstić information content (AvgIpc) is 3.00. The molecule has 0 aromatic heterocycles. The molecule has 1 aliphatic heterocycles. The zero-order valence-electron chi connectivity index (χ0n) is 17.1. The summed E-state index contributed by atoms with van der Waals surface area (Å²) < 4.78 is 5.22. The van der Waals surface area contributed by atoms with E-state index >= 15 is 0 Å². The van der Waals surface area contributed by atoms with Gasteiger partial charge in [-0.05, 0) is 55.0 Å². The Morgan fingerprint density at radius 2 is 1.67 bits per heavy atom. The molecule has 166 valence electrons. The largest absolute Gasteiger partial charge is 0.506 e. The van der Waals surface area contributed by atoms with E-state index in [0.29, 0.717) is 11.4 Å². The number of halogens is 2. The number of nitrogens with zero attached hydrogens (tertiary/aromatic N) is 1. The molecule has 9 heteroatoms. The molecule has 2 N–H and O–H groups in total. The molecule has 2 amide bonds. The number of anilines is 2. The number of para-hydroxylation sites is 1. The fourth-order valence-electron chi connectivity index (χ4n) is 3.20. The van der Waals surface area contributed by atoms with E-state index in [9.17, 15) is 19.5 Å². The van der Waals surface area contributed by atoms with Crippen LogP contribution < -0.4 is 15.0 Å². The number of esters is 1. The van der Waals surface area contributed by atoms with E-state index in [1.807, 2.05) is 0 Å². The highest BCUT2D eigenvalue weighted by molar-refractivity contribution is 6.53. The molecule has 3 aromatic carbocycles. The maximum Gasteiger partial charge on any atom is 0.343 e. The van der Waals surface area contributed by atoms with Crippen LogP contribution in [0.15, 0.2) is 77.5 Å². The molecule has 0 atom stereocenters. The first-order valence-corrected chi connectivity index (χ1v) is 10.4. The summed E-state index contributed by atoms with van der Waals surface area (Å²) in [6.45, 7) is 1.79. The van der Waals surface area contributed by atoms with Crippen molar-refractivity contribution in [1.82, 2.24) is 0 Å². The quantitative estimate of drug-likeness (QED) is 0.301. The number of phenolic OH excluding ortho intramolecular Hbond substituents is 1. The van der Waals surface area contributed by atoms with Crippen molar-refractivity contribution in [2.24, 2.45) is 0 Å². The lowest BCUT2D eigenvalue weighted by molar-refractivity contribution is -0.120. The summed E-state index contributed by atoms with van der Waals surface area (Å²) in [5.41, 5.74) is 1.81. The van der Waals surface area contributed by atoms with Gasteiger partial charge in [-0.25, -0.2) is 9.69 Å². The number of imide groups is 1. The lowest BCUT2D eigenvalue weighted by Gasteiger charge is -2.17. The molecule has 33 heavy (non-hydrogen) atoms.